The standard InChI is InChI=1S/C16H17ClN2O2S/c1-3-18-16-12-6-4-5-7-14(12)19(2)22(20,21)15-10-11(17)8-9-13(15)16/h4-10,16,18H,3H2,1-2H3. The van der Waals surface area contributed by atoms with Gasteiger partial charge in [-0.1, -0.05) is 42.8 Å². The lowest BCUT2D eigenvalue weighted by Gasteiger charge is -2.21. The topological polar surface area (TPSA) is 49.4 Å². The molecule has 6 heteroatoms. The fourth-order valence-corrected chi connectivity index (χ4v) is 4.57. The Kier molecular flexibility index (Phi) is 3.89. The minimum absolute atomic E-state index is 0.187. The van der Waals surface area contributed by atoms with Gasteiger partial charge in [0.05, 0.1) is 16.6 Å². The lowest BCUT2D eigenvalue weighted by Crippen LogP contribution is -2.26. The smallest absolute Gasteiger partial charge is 0.264 e. The van der Waals surface area contributed by atoms with Gasteiger partial charge in [-0.05, 0) is 35.9 Å². The Morgan fingerprint density at radius 2 is 1.91 bits per heavy atom. The second-order valence-corrected chi connectivity index (χ2v) is 7.58. The number of hydrogen-bond donors (Lipinski definition) is 1. The maximum absolute atomic E-state index is 12.9. The molecule has 22 heavy (non-hydrogen) atoms. The van der Waals surface area contributed by atoms with E-state index in [1.165, 1.54) is 10.4 Å². The van der Waals surface area contributed by atoms with Crippen molar-refractivity contribution in [2.75, 3.05) is 17.9 Å². The zero-order valence-corrected chi connectivity index (χ0v) is 13.9. The van der Waals surface area contributed by atoms with Gasteiger partial charge in [0.2, 0.25) is 0 Å². The highest BCUT2D eigenvalue weighted by molar-refractivity contribution is 7.92. The summed E-state index contributed by atoms with van der Waals surface area (Å²) in [6.07, 6.45) is 0. The molecule has 0 saturated carbocycles. The first-order valence-electron chi connectivity index (χ1n) is 7.07. The Bertz CT molecular complexity index is 821. The minimum Gasteiger partial charge on any atom is -0.306 e. The van der Waals surface area contributed by atoms with E-state index in [0.717, 1.165) is 17.7 Å². The van der Waals surface area contributed by atoms with Crippen LogP contribution in [0.2, 0.25) is 5.02 Å². The molecule has 0 spiro atoms. The monoisotopic (exact) mass is 336 g/mol. The predicted molar refractivity (Wildman–Crippen MR) is 89.0 cm³/mol. The van der Waals surface area contributed by atoms with E-state index in [1.807, 2.05) is 31.2 Å². The number of benzene rings is 2. The summed E-state index contributed by atoms with van der Waals surface area (Å²) in [5, 5.41) is 3.79. The van der Waals surface area contributed by atoms with E-state index in [2.05, 4.69) is 5.32 Å². The zero-order chi connectivity index (χ0) is 15.9. The highest BCUT2D eigenvalue weighted by atomic mass is 35.5. The van der Waals surface area contributed by atoms with Crippen molar-refractivity contribution in [2.24, 2.45) is 0 Å². The molecule has 1 aliphatic heterocycles. The van der Waals surface area contributed by atoms with Crippen LogP contribution in [-0.4, -0.2) is 22.0 Å². The van der Waals surface area contributed by atoms with E-state index in [9.17, 15) is 8.42 Å². The molecule has 2 aromatic carbocycles. The van der Waals surface area contributed by atoms with Gasteiger partial charge in [-0.2, -0.15) is 0 Å². The Morgan fingerprint density at radius 1 is 1.18 bits per heavy atom. The van der Waals surface area contributed by atoms with Crippen molar-refractivity contribution in [3.05, 3.63) is 58.6 Å². The summed E-state index contributed by atoms with van der Waals surface area (Å²) in [4.78, 5) is 0.254. The molecule has 1 heterocycles. The number of rotatable bonds is 2. The lowest BCUT2D eigenvalue weighted by molar-refractivity contribution is 0.590. The summed E-state index contributed by atoms with van der Waals surface area (Å²) in [6.45, 7) is 2.73. The van der Waals surface area contributed by atoms with Crippen LogP contribution in [0, 0.1) is 0 Å². The number of sulfonamides is 1. The maximum Gasteiger partial charge on any atom is 0.264 e. The summed E-state index contributed by atoms with van der Waals surface area (Å²) >= 11 is 6.04. The van der Waals surface area contributed by atoms with Crippen LogP contribution in [0.5, 0.6) is 0 Å². The molecule has 1 unspecified atom stereocenters. The van der Waals surface area contributed by atoms with Crippen molar-refractivity contribution in [2.45, 2.75) is 17.9 Å². The lowest BCUT2D eigenvalue weighted by atomic mass is 9.97. The van der Waals surface area contributed by atoms with Gasteiger partial charge in [-0.25, -0.2) is 8.42 Å². The van der Waals surface area contributed by atoms with Crippen LogP contribution in [0.1, 0.15) is 24.1 Å². The van der Waals surface area contributed by atoms with Gasteiger partial charge in [0, 0.05) is 12.1 Å². The molecule has 0 radical (unpaired) electrons. The van der Waals surface area contributed by atoms with Crippen LogP contribution in [0.15, 0.2) is 47.4 Å². The van der Waals surface area contributed by atoms with Crippen LogP contribution in [0.25, 0.3) is 0 Å². The Morgan fingerprint density at radius 3 is 2.64 bits per heavy atom. The number of fused-ring (bicyclic) bond motifs is 2. The van der Waals surface area contributed by atoms with Crippen molar-refractivity contribution in [1.82, 2.24) is 5.32 Å². The van der Waals surface area contributed by atoms with Crippen LogP contribution in [-0.2, 0) is 10.0 Å². The van der Waals surface area contributed by atoms with E-state index in [-0.39, 0.29) is 10.9 Å². The molecule has 2 aromatic rings. The molecule has 0 bridgehead atoms. The number of halogens is 1. The van der Waals surface area contributed by atoms with Gasteiger partial charge in [0.15, 0.2) is 0 Å². The number of hydrogen-bond acceptors (Lipinski definition) is 3. The largest absolute Gasteiger partial charge is 0.306 e. The number of para-hydroxylation sites is 1. The first kappa shape index (κ1) is 15.3. The maximum atomic E-state index is 12.9. The van der Waals surface area contributed by atoms with Crippen LogP contribution in [0.3, 0.4) is 0 Å². The molecule has 0 fully saturated rings. The zero-order valence-electron chi connectivity index (χ0n) is 12.4. The first-order chi connectivity index (χ1) is 10.5. The average molecular weight is 337 g/mol. The first-order valence-corrected chi connectivity index (χ1v) is 8.89. The van der Waals surface area contributed by atoms with Crippen molar-refractivity contribution in [3.63, 3.8) is 0 Å². The molecule has 1 atom stereocenters. The second-order valence-electron chi connectivity index (χ2n) is 5.20. The van der Waals surface area contributed by atoms with Gasteiger partial charge in [0.25, 0.3) is 10.0 Å². The Hall–Kier alpha value is -1.56. The molecule has 4 nitrogen and oxygen atoms in total. The summed E-state index contributed by atoms with van der Waals surface area (Å²) < 4.78 is 27.2. The van der Waals surface area contributed by atoms with Crippen LogP contribution < -0.4 is 9.62 Å². The van der Waals surface area contributed by atoms with Crippen molar-refractivity contribution in [3.8, 4) is 0 Å². The third-order valence-electron chi connectivity index (χ3n) is 3.92. The highest BCUT2D eigenvalue weighted by Crippen LogP contribution is 2.40. The molecule has 1 N–H and O–H groups in total. The summed E-state index contributed by atoms with van der Waals surface area (Å²) in [6, 6.07) is 12.4. The molecule has 116 valence electrons. The van der Waals surface area contributed by atoms with E-state index in [1.54, 1.807) is 19.2 Å². The average Bonchev–Trinajstić information content (AvgIpc) is 2.57. The third kappa shape index (κ3) is 2.29. The van der Waals surface area contributed by atoms with E-state index >= 15 is 0 Å². The normalized spacial score (nSPS) is 19.2. The molecule has 1 aliphatic rings. The van der Waals surface area contributed by atoms with Gasteiger partial charge >= 0.3 is 0 Å². The van der Waals surface area contributed by atoms with E-state index in [0.29, 0.717) is 10.7 Å². The molecule has 0 amide bonds. The molecule has 3 rings (SSSR count). The van der Waals surface area contributed by atoms with Crippen molar-refractivity contribution < 1.29 is 8.42 Å². The third-order valence-corrected chi connectivity index (χ3v) is 5.98. The van der Waals surface area contributed by atoms with Crippen molar-refractivity contribution >= 4 is 27.3 Å². The SMILES string of the molecule is CCNC1c2ccccc2N(C)S(=O)(=O)c2cc(Cl)ccc21. The van der Waals surface area contributed by atoms with E-state index < -0.39 is 10.0 Å². The predicted octanol–water partition coefficient (Wildman–Crippen LogP) is 3.18. The Balaban J connectivity index is 2.38. The molecule has 0 aromatic heterocycles. The summed E-state index contributed by atoms with van der Waals surface area (Å²) in [7, 11) is -2.06. The van der Waals surface area contributed by atoms with Crippen LogP contribution in [0.4, 0.5) is 5.69 Å². The van der Waals surface area contributed by atoms with Crippen molar-refractivity contribution in [1.29, 1.82) is 0 Å². The van der Waals surface area contributed by atoms with Gasteiger partial charge in [-0.3, -0.25) is 4.31 Å². The quantitative estimate of drug-likeness (QED) is 0.916. The fraction of sp³-hybridized carbons (Fsp3) is 0.250. The van der Waals surface area contributed by atoms with Gasteiger partial charge < -0.3 is 5.32 Å². The second kappa shape index (κ2) is 5.57. The van der Waals surface area contributed by atoms with Crippen LogP contribution >= 0.6 is 11.6 Å². The Labute approximate surface area is 135 Å². The molecular formula is C16H17ClN2O2S. The number of anilines is 1. The summed E-state index contributed by atoms with van der Waals surface area (Å²) in [5.41, 5.74) is 2.35. The molecule has 0 aliphatic carbocycles. The highest BCUT2D eigenvalue weighted by Gasteiger charge is 2.34. The van der Waals surface area contributed by atoms with E-state index in [4.69, 9.17) is 11.6 Å². The van der Waals surface area contributed by atoms with Gasteiger partial charge in [0.1, 0.15) is 0 Å². The summed E-state index contributed by atoms with van der Waals surface area (Å²) in [5.74, 6) is 0. The number of nitrogens with one attached hydrogen (secondary N) is 1. The molecular weight excluding hydrogens is 320 g/mol. The minimum atomic E-state index is -3.64. The fourth-order valence-electron chi connectivity index (χ4n) is 2.86. The number of nitrogens with zero attached hydrogens (tertiary/aromatic N) is 1. The van der Waals surface area contributed by atoms with Gasteiger partial charge in [-0.15, -0.1) is 0 Å². The molecule has 0 saturated heterocycles.